The number of nitrogens with zero attached hydrogens (tertiary/aromatic N) is 4. The highest BCUT2D eigenvalue weighted by Gasteiger charge is 2.28. The second kappa shape index (κ2) is 7.88. The molecule has 0 bridgehead atoms. The monoisotopic (exact) mass is 373 g/mol. The van der Waals surface area contributed by atoms with Gasteiger partial charge in [-0.25, -0.2) is 4.98 Å². The summed E-state index contributed by atoms with van der Waals surface area (Å²) in [5, 5.41) is 8.43. The summed E-state index contributed by atoms with van der Waals surface area (Å²) in [6.07, 6.45) is 9.38. The number of aromatic nitrogens is 3. The van der Waals surface area contributed by atoms with Gasteiger partial charge in [-0.2, -0.15) is 5.10 Å². The number of carbonyl (C=O) groups excluding carboxylic acids is 1. The average molecular weight is 374 g/mol. The minimum absolute atomic E-state index is 0.137. The molecule has 2 saturated heterocycles. The Morgan fingerprint density at radius 3 is 2.92 bits per heavy atom. The van der Waals surface area contributed by atoms with E-state index in [0.29, 0.717) is 5.92 Å². The fourth-order valence-electron chi connectivity index (χ4n) is 4.12. The number of piperidine rings is 1. The van der Waals surface area contributed by atoms with E-state index in [-0.39, 0.29) is 5.91 Å². The maximum Gasteiger partial charge on any atom is 0.265 e. The van der Waals surface area contributed by atoms with E-state index >= 15 is 0 Å². The minimum atomic E-state index is 0.137. The topological polar surface area (TPSA) is 65.1 Å². The van der Waals surface area contributed by atoms with Crippen LogP contribution in [0.1, 0.15) is 64.5 Å². The van der Waals surface area contributed by atoms with Crippen molar-refractivity contribution in [3.63, 3.8) is 0 Å². The van der Waals surface area contributed by atoms with Gasteiger partial charge in [0.25, 0.3) is 5.91 Å². The highest BCUT2D eigenvalue weighted by molar-refractivity contribution is 7.13. The number of rotatable bonds is 5. The van der Waals surface area contributed by atoms with E-state index in [1.165, 1.54) is 24.1 Å². The van der Waals surface area contributed by atoms with Crippen molar-refractivity contribution in [1.82, 2.24) is 25.0 Å². The van der Waals surface area contributed by atoms with Crippen molar-refractivity contribution in [3.8, 4) is 0 Å². The number of aromatic amines is 1. The van der Waals surface area contributed by atoms with Gasteiger partial charge in [-0.15, -0.1) is 11.3 Å². The van der Waals surface area contributed by atoms with Crippen LogP contribution in [-0.2, 0) is 13.0 Å². The zero-order valence-corrected chi connectivity index (χ0v) is 16.2. The SMILES string of the molecule is CCc1cn[nH]c1[C@@H]1CCCN(C(=O)c2cnc(CN3CCCC3)s2)C1. The van der Waals surface area contributed by atoms with Crippen LogP contribution in [0, 0.1) is 0 Å². The van der Waals surface area contributed by atoms with Crippen molar-refractivity contribution in [2.24, 2.45) is 0 Å². The van der Waals surface area contributed by atoms with Crippen LogP contribution in [0.4, 0.5) is 0 Å². The Balaban J connectivity index is 1.42. The van der Waals surface area contributed by atoms with Gasteiger partial charge in [0.2, 0.25) is 0 Å². The van der Waals surface area contributed by atoms with Gasteiger partial charge >= 0.3 is 0 Å². The maximum absolute atomic E-state index is 13.0. The lowest BCUT2D eigenvalue weighted by Gasteiger charge is -2.32. The van der Waals surface area contributed by atoms with E-state index in [4.69, 9.17) is 0 Å². The summed E-state index contributed by atoms with van der Waals surface area (Å²) in [6.45, 7) is 6.95. The minimum Gasteiger partial charge on any atom is -0.337 e. The number of aryl methyl sites for hydroxylation is 1. The quantitative estimate of drug-likeness (QED) is 0.875. The number of likely N-dealkylation sites (tertiary alicyclic amines) is 2. The summed E-state index contributed by atoms with van der Waals surface area (Å²) < 4.78 is 0. The van der Waals surface area contributed by atoms with E-state index < -0.39 is 0 Å². The Bertz CT molecular complexity index is 749. The number of hydrogen-bond acceptors (Lipinski definition) is 5. The maximum atomic E-state index is 13.0. The van der Waals surface area contributed by atoms with Crippen molar-refractivity contribution in [1.29, 1.82) is 0 Å². The summed E-state index contributed by atoms with van der Waals surface area (Å²) >= 11 is 1.56. The number of amides is 1. The van der Waals surface area contributed by atoms with Crippen LogP contribution >= 0.6 is 11.3 Å². The molecule has 2 aromatic rings. The van der Waals surface area contributed by atoms with Crippen LogP contribution in [-0.4, -0.2) is 57.1 Å². The van der Waals surface area contributed by atoms with E-state index in [1.54, 1.807) is 17.5 Å². The predicted octanol–water partition coefficient (Wildman–Crippen LogP) is 3.04. The Hall–Kier alpha value is -1.73. The van der Waals surface area contributed by atoms with Gasteiger partial charge < -0.3 is 4.90 Å². The molecule has 0 spiro atoms. The van der Waals surface area contributed by atoms with Crippen LogP contribution in [0.25, 0.3) is 0 Å². The van der Waals surface area contributed by atoms with Crippen molar-refractivity contribution >= 4 is 17.2 Å². The van der Waals surface area contributed by atoms with Crippen LogP contribution in [0.3, 0.4) is 0 Å². The van der Waals surface area contributed by atoms with Gasteiger partial charge in [-0.3, -0.25) is 14.8 Å². The van der Waals surface area contributed by atoms with Crippen molar-refractivity contribution in [2.75, 3.05) is 26.2 Å². The third kappa shape index (κ3) is 3.69. The van der Waals surface area contributed by atoms with Crippen molar-refractivity contribution in [2.45, 2.75) is 51.5 Å². The smallest absolute Gasteiger partial charge is 0.265 e. The highest BCUT2D eigenvalue weighted by atomic mass is 32.1. The first-order valence-electron chi connectivity index (χ1n) is 9.73. The van der Waals surface area contributed by atoms with Gasteiger partial charge in [0, 0.05) is 24.7 Å². The molecule has 26 heavy (non-hydrogen) atoms. The molecule has 2 aliphatic rings. The molecule has 2 aliphatic heterocycles. The summed E-state index contributed by atoms with van der Waals surface area (Å²) in [4.78, 5) is 22.7. The molecular formula is C19H27N5OS. The molecule has 1 N–H and O–H groups in total. The first kappa shape index (κ1) is 17.7. The molecule has 4 heterocycles. The summed E-state index contributed by atoms with van der Waals surface area (Å²) in [5.74, 6) is 0.500. The lowest BCUT2D eigenvalue weighted by atomic mass is 9.92. The lowest BCUT2D eigenvalue weighted by molar-refractivity contribution is 0.0710. The van der Waals surface area contributed by atoms with Gasteiger partial charge in [-0.05, 0) is 50.8 Å². The molecule has 0 radical (unpaired) electrons. The molecule has 7 heteroatoms. The average Bonchev–Trinajstić information content (AvgIpc) is 3.43. The Labute approximate surface area is 158 Å². The predicted molar refractivity (Wildman–Crippen MR) is 102 cm³/mol. The molecule has 0 saturated carbocycles. The summed E-state index contributed by atoms with van der Waals surface area (Å²) in [7, 11) is 0. The van der Waals surface area contributed by atoms with E-state index in [9.17, 15) is 4.79 Å². The second-order valence-electron chi connectivity index (χ2n) is 7.35. The number of hydrogen-bond donors (Lipinski definition) is 1. The highest BCUT2D eigenvalue weighted by Crippen LogP contribution is 2.29. The molecule has 2 aromatic heterocycles. The van der Waals surface area contributed by atoms with E-state index in [2.05, 4.69) is 27.0 Å². The zero-order chi connectivity index (χ0) is 17.9. The van der Waals surface area contributed by atoms with Crippen LogP contribution in [0.5, 0.6) is 0 Å². The fraction of sp³-hybridized carbons (Fsp3) is 0.632. The molecule has 140 valence electrons. The number of H-pyrrole nitrogens is 1. The van der Waals surface area contributed by atoms with Crippen LogP contribution in [0.2, 0.25) is 0 Å². The molecule has 0 aromatic carbocycles. The van der Waals surface area contributed by atoms with E-state index in [0.717, 1.165) is 61.9 Å². The fourth-order valence-corrected chi connectivity index (χ4v) is 5.05. The number of thiazole rings is 1. The first-order valence-corrected chi connectivity index (χ1v) is 10.5. The summed E-state index contributed by atoms with van der Waals surface area (Å²) in [5.41, 5.74) is 2.49. The lowest BCUT2D eigenvalue weighted by Crippen LogP contribution is -2.39. The third-order valence-corrected chi connectivity index (χ3v) is 6.54. The molecule has 2 fully saturated rings. The standard InChI is InChI=1S/C19H27N5OS/c1-2-14-10-21-22-18(14)15-6-5-9-24(12-15)19(25)16-11-20-17(26-16)13-23-7-3-4-8-23/h10-11,15H,2-9,12-13H2,1H3,(H,21,22)/t15-/m1/s1. The first-order chi connectivity index (χ1) is 12.7. The second-order valence-corrected chi connectivity index (χ2v) is 8.47. The number of nitrogens with one attached hydrogen (secondary N) is 1. The van der Waals surface area contributed by atoms with Crippen LogP contribution in [0.15, 0.2) is 12.4 Å². The molecular weight excluding hydrogens is 346 g/mol. The Morgan fingerprint density at radius 2 is 2.12 bits per heavy atom. The van der Waals surface area contributed by atoms with Crippen molar-refractivity contribution < 1.29 is 4.79 Å². The van der Waals surface area contributed by atoms with Gasteiger partial charge in [-0.1, -0.05) is 6.92 Å². The van der Waals surface area contributed by atoms with Gasteiger partial charge in [0.15, 0.2) is 0 Å². The Kier molecular flexibility index (Phi) is 5.36. The molecule has 6 nitrogen and oxygen atoms in total. The molecule has 1 amide bonds. The largest absolute Gasteiger partial charge is 0.337 e. The number of carbonyl (C=O) groups is 1. The molecule has 0 aliphatic carbocycles. The molecule has 1 atom stereocenters. The van der Waals surface area contributed by atoms with Gasteiger partial charge in [0.05, 0.1) is 18.9 Å². The summed E-state index contributed by atoms with van der Waals surface area (Å²) in [6, 6.07) is 0. The van der Waals surface area contributed by atoms with Gasteiger partial charge in [0.1, 0.15) is 9.88 Å². The van der Waals surface area contributed by atoms with E-state index in [1.807, 2.05) is 11.1 Å². The third-order valence-electron chi connectivity index (χ3n) is 5.57. The van der Waals surface area contributed by atoms with Crippen molar-refractivity contribution in [3.05, 3.63) is 33.5 Å². The normalized spacial score (nSPS) is 21.4. The zero-order valence-electron chi connectivity index (χ0n) is 15.4. The molecule has 4 rings (SSSR count). The van der Waals surface area contributed by atoms with Crippen LogP contribution < -0.4 is 0 Å². The molecule has 0 unspecified atom stereocenters. The Morgan fingerprint density at radius 1 is 1.27 bits per heavy atom.